The third-order valence-corrected chi connectivity index (χ3v) is 4.62. The molecule has 3 heteroatoms. The molecule has 0 aliphatic carbocycles. The maximum absolute atomic E-state index is 10.7. The lowest BCUT2D eigenvalue weighted by atomic mass is 9.86. The van der Waals surface area contributed by atoms with Crippen LogP contribution in [0.25, 0.3) is 0 Å². The first kappa shape index (κ1) is 17.1. The summed E-state index contributed by atoms with van der Waals surface area (Å²) >= 11 is 0. The fraction of sp³-hybridized carbons (Fsp3) is 0.706. The predicted molar refractivity (Wildman–Crippen MR) is 84.9 cm³/mol. The molecule has 0 aliphatic heterocycles. The van der Waals surface area contributed by atoms with E-state index in [1.807, 2.05) is 12.3 Å². The van der Waals surface area contributed by atoms with Gasteiger partial charge in [-0.25, -0.2) is 0 Å². The highest BCUT2D eigenvalue weighted by Crippen LogP contribution is 2.25. The van der Waals surface area contributed by atoms with E-state index in [2.05, 4.69) is 50.6 Å². The van der Waals surface area contributed by atoms with Gasteiger partial charge in [0.05, 0.1) is 6.10 Å². The van der Waals surface area contributed by atoms with Crippen molar-refractivity contribution in [3.63, 3.8) is 0 Å². The van der Waals surface area contributed by atoms with Crippen LogP contribution < -0.4 is 0 Å². The van der Waals surface area contributed by atoms with Crippen molar-refractivity contribution in [1.29, 1.82) is 0 Å². The monoisotopic (exact) mass is 278 g/mol. The first-order chi connectivity index (χ1) is 9.51. The fourth-order valence-electron chi connectivity index (χ4n) is 2.82. The van der Waals surface area contributed by atoms with Gasteiger partial charge in [0.15, 0.2) is 0 Å². The molecule has 0 amide bonds. The molecule has 0 bridgehead atoms. The highest BCUT2D eigenvalue weighted by molar-refractivity contribution is 5.15. The number of nitrogens with zero attached hydrogens (tertiary/aromatic N) is 2. The second-order valence-electron chi connectivity index (χ2n) is 5.61. The first-order valence-electron chi connectivity index (χ1n) is 7.88. The molecule has 2 atom stereocenters. The molecule has 1 rings (SSSR count). The molecule has 114 valence electrons. The molecule has 0 aromatic carbocycles. The predicted octanol–water partition coefficient (Wildman–Crippen LogP) is 3.06. The van der Waals surface area contributed by atoms with Crippen LogP contribution in [0, 0.1) is 0 Å². The molecule has 3 nitrogen and oxygen atoms in total. The lowest BCUT2D eigenvalue weighted by Gasteiger charge is -2.43. The van der Waals surface area contributed by atoms with Crippen molar-refractivity contribution in [1.82, 2.24) is 9.88 Å². The maximum atomic E-state index is 10.7. The van der Waals surface area contributed by atoms with Crippen LogP contribution in [-0.4, -0.2) is 39.7 Å². The zero-order valence-corrected chi connectivity index (χ0v) is 13.7. The number of hydrogen-bond acceptors (Lipinski definition) is 3. The van der Waals surface area contributed by atoms with Gasteiger partial charge in [0.2, 0.25) is 0 Å². The van der Waals surface area contributed by atoms with E-state index in [1.54, 1.807) is 0 Å². The van der Waals surface area contributed by atoms with Gasteiger partial charge in [-0.1, -0.05) is 33.8 Å². The van der Waals surface area contributed by atoms with Crippen LogP contribution in [0.2, 0.25) is 0 Å². The maximum Gasteiger partial charge on any atom is 0.0776 e. The summed E-state index contributed by atoms with van der Waals surface area (Å²) in [6.45, 7) is 12.7. The number of aromatic nitrogens is 1. The van der Waals surface area contributed by atoms with E-state index < -0.39 is 6.10 Å². The van der Waals surface area contributed by atoms with E-state index in [-0.39, 0.29) is 5.54 Å². The van der Waals surface area contributed by atoms with Gasteiger partial charge in [0.25, 0.3) is 0 Å². The minimum Gasteiger partial charge on any atom is -0.391 e. The van der Waals surface area contributed by atoms with Crippen LogP contribution in [0.4, 0.5) is 0 Å². The summed E-state index contributed by atoms with van der Waals surface area (Å²) in [6.07, 6.45) is 4.07. The molecule has 20 heavy (non-hydrogen) atoms. The van der Waals surface area contributed by atoms with Crippen LogP contribution in [0.1, 0.15) is 52.3 Å². The number of rotatable bonds is 8. The van der Waals surface area contributed by atoms with Gasteiger partial charge in [-0.05, 0) is 44.5 Å². The van der Waals surface area contributed by atoms with Crippen molar-refractivity contribution in [3.8, 4) is 0 Å². The van der Waals surface area contributed by atoms with Crippen molar-refractivity contribution in [2.75, 3.05) is 13.1 Å². The second-order valence-corrected chi connectivity index (χ2v) is 5.61. The molecule has 1 N–H and O–H groups in total. The summed E-state index contributed by atoms with van der Waals surface area (Å²) in [5.74, 6) is 0. The summed E-state index contributed by atoms with van der Waals surface area (Å²) in [7, 11) is 0. The third-order valence-electron chi connectivity index (χ3n) is 4.62. The summed E-state index contributed by atoms with van der Waals surface area (Å²) in [6, 6.07) is 4.15. The molecule has 0 radical (unpaired) electrons. The minimum atomic E-state index is -0.396. The van der Waals surface area contributed by atoms with Gasteiger partial charge in [0, 0.05) is 23.9 Å². The SMILES string of the molecule is CCc1ccc(CC(O)C(C)(CC)N(CC)CC)nc1. The Bertz CT molecular complexity index is 386. The Morgan fingerprint density at radius 1 is 1.20 bits per heavy atom. The van der Waals surface area contributed by atoms with Gasteiger partial charge >= 0.3 is 0 Å². The lowest BCUT2D eigenvalue weighted by molar-refractivity contribution is -0.0194. The first-order valence-corrected chi connectivity index (χ1v) is 7.88. The molecule has 0 aliphatic rings. The van der Waals surface area contributed by atoms with Crippen molar-refractivity contribution < 1.29 is 5.11 Å². The summed E-state index contributed by atoms with van der Waals surface area (Å²) < 4.78 is 0. The van der Waals surface area contributed by atoms with E-state index in [0.29, 0.717) is 6.42 Å². The van der Waals surface area contributed by atoms with E-state index in [4.69, 9.17) is 0 Å². The molecule has 1 aromatic heterocycles. The molecule has 1 aromatic rings. The van der Waals surface area contributed by atoms with E-state index in [9.17, 15) is 5.11 Å². The average Bonchev–Trinajstić information content (AvgIpc) is 2.48. The molecule has 0 fully saturated rings. The number of hydrogen-bond donors (Lipinski definition) is 1. The molecule has 0 saturated carbocycles. The topological polar surface area (TPSA) is 36.4 Å². The largest absolute Gasteiger partial charge is 0.391 e. The van der Waals surface area contributed by atoms with Crippen LogP contribution in [0.3, 0.4) is 0 Å². The number of pyridine rings is 1. The normalized spacial score (nSPS) is 16.1. The zero-order chi connectivity index (χ0) is 15.2. The Morgan fingerprint density at radius 3 is 2.25 bits per heavy atom. The van der Waals surface area contributed by atoms with Gasteiger partial charge in [-0.3, -0.25) is 9.88 Å². The van der Waals surface area contributed by atoms with Crippen molar-refractivity contribution in [2.45, 2.75) is 65.5 Å². The van der Waals surface area contributed by atoms with Crippen LogP contribution in [-0.2, 0) is 12.8 Å². The molecular formula is C17H30N2O. The summed E-state index contributed by atoms with van der Waals surface area (Å²) in [5.41, 5.74) is 2.03. The smallest absolute Gasteiger partial charge is 0.0776 e. The summed E-state index contributed by atoms with van der Waals surface area (Å²) in [4.78, 5) is 6.82. The Kier molecular flexibility index (Phi) is 6.63. The molecule has 0 saturated heterocycles. The standard InChI is InChI=1S/C17H30N2O/c1-6-14-10-11-15(18-13-14)12-16(20)17(5,7-2)19(8-3)9-4/h10-11,13,16,20H,6-9,12H2,1-5H3. The highest BCUT2D eigenvalue weighted by atomic mass is 16.3. The van der Waals surface area contributed by atoms with E-state index in [0.717, 1.165) is 31.6 Å². The second kappa shape index (κ2) is 7.75. The third kappa shape index (κ3) is 3.80. The van der Waals surface area contributed by atoms with Crippen molar-refractivity contribution in [2.24, 2.45) is 0 Å². The van der Waals surface area contributed by atoms with Gasteiger partial charge in [0.1, 0.15) is 0 Å². The van der Waals surface area contributed by atoms with Gasteiger partial charge < -0.3 is 5.11 Å². The van der Waals surface area contributed by atoms with Gasteiger partial charge in [-0.15, -0.1) is 0 Å². The number of aliphatic hydroxyl groups excluding tert-OH is 1. The molecule has 0 spiro atoms. The average molecular weight is 278 g/mol. The Hall–Kier alpha value is -0.930. The lowest BCUT2D eigenvalue weighted by Crippen LogP contribution is -2.55. The molecule has 2 unspecified atom stereocenters. The zero-order valence-electron chi connectivity index (χ0n) is 13.7. The number of aliphatic hydroxyl groups is 1. The minimum absolute atomic E-state index is 0.186. The Balaban J connectivity index is 2.82. The van der Waals surface area contributed by atoms with Crippen molar-refractivity contribution >= 4 is 0 Å². The van der Waals surface area contributed by atoms with Crippen LogP contribution in [0.15, 0.2) is 18.3 Å². The Morgan fingerprint density at radius 2 is 1.85 bits per heavy atom. The van der Waals surface area contributed by atoms with Crippen LogP contribution in [0.5, 0.6) is 0 Å². The van der Waals surface area contributed by atoms with E-state index >= 15 is 0 Å². The molecular weight excluding hydrogens is 248 g/mol. The van der Waals surface area contributed by atoms with Crippen LogP contribution >= 0.6 is 0 Å². The molecule has 1 heterocycles. The number of aryl methyl sites for hydroxylation is 1. The summed E-state index contributed by atoms with van der Waals surface area (Å²) in [5, 5.41) is 10.7. The highest BCUT2D eigenvalue weighted by Gasteiger charge is 2.35. The quantitative estimate of drug-likeness (QED) is 0.794. The van der Waals surface area contributed by atoms with Gasteiger partial charge in [-0.2, -0.15) is 0 Å². The van der Waals surface area contributed by atoms with Crippen molar-refractivity contribution in [3.05, 3.63) is 29.6 Å². The fourth-order valence-corrected chi connectivity index (χ4v) is 2.82. The Labute approximate surface area is 124 Å². The van der Waals surface area contributed by atoms with E-state index in [1.165, 1.54) is 5.56 Å². The number of likely N-dealkylation sites (N-methyl/N-ethyl adjacent to an activating group) is 1.